The lowest BCUT2D eigenvalue weighted by molar-refractivity contribution is -0.138. The molecule has 0 amide bonds. The van der Waals surface area contributed by atoms with Gasteiger partial charge in [-0.25, -0.2) is 4.39 Å². The highest BCUT2D eigenvalue weighted by molar-refractivity contribution is 9.08. The second kappa shape index (κ2) is 6.40. The van der Waals surface area contributed by atoms with E-state index in [-0.39, 0.29) is 11.0 Å². The second-order valence-corrected chi connectivity index (χ2v) is 7.48. The Hall–Kier alpha value is -1.40. The fourth-order valence-corrected chi connectivity index (χ4v) is 3.87. The number of fused-ring (bicyclic) bond motifs is 1. The Morgan fingerprint density at radius 2 is 1.84 bits per heavy atom. The molecule has 0 aromatic heterocycles. The summed E-state index contributed by atoms with van der Waals surface area (Å²) in [6.45, 7) is 4.37. The average Bonchev–Trinajstić information content (AvgIpc) is 2.55. The van der Waals surface area contributed by atoms with Gasteiger partial charge in [-0.1, -0.05) is 60.1 Å². The van der Waals surface area contributed by atoms with Gasteiger partial charge in [0, 0.05) is 22.9 Å². The van der Waals surface area contributed by atoms with E-state index in [2.05, 4.69) is 21.2 Å². The van der Waals surface area contributed by atoms with E-state index in [0.717, 1.165) is 11.6 Å². The first kappa shape index (κ1) is 18.4. The molecule has 2 aromatic rings. The molecule has 0 saturated carbocycles. The highest BCUT2D eigenvalue weighted by Crippen LogP contribution is 2.43. The van der Waals surface area contributed by atoms with Crippen LogP contribution in [0.4, 0.5) is 17.6 Å². The maximum Gasteiger partial charge on any atom is 0.416 e. The summed E-state index contributed by atoms with van der Waals surface area (Å²) in [6, 6.07) is 8.07. The Balaban J connectivity index is 2.26. The summed E-state index contributed by atoms with van der Waals surface area (Å²) in [7, 11) is 0. The molecular formula is C19H18BrF4N. The van der Waals surface area contributed by atoms with Crippen molar-refractivity contribution in [1.82, 2.24) is 5.32 Å². The summed E-state index contributed by atoms with van der Waals surface area (Å²) in [5, 5.41) is 3.44. The Labute approximate surface area is 152 Å². The number of hydrogen-bond acceptors (Lipinski definition) is 1. The Morgan fingerprint density at radius 1 is 1.16 bits per heavy atom. The summed E-state index contributed by atoms with van der Waals surface area (Å²) >= 11 is 3.25. The zero-order valence-corrected chi connectivity index (χ0v) is 15.4. The van der Waals surface area contributed by atoms with Gasteiger partial charge in [-0.2, -0.15) is 13.2 Å². The largest absolute Gasteiger partial charge is 0.416 e. The van der Waals surface area contributed by atoms with Crippen LogP contribution >= 0.6 is 15.9 Å². The van der Waals surface area contributed by atoms with Gasteiger partial charge < -0.3 is 5.32 Å². The molecule has 1 nitrogen and oxygen atoms in total. The Kier molecular flexibility index (Phi) is 4.71. The number of alkyl halides is 4. The van der Waals surface area contributed by atoms with Crippen LogP contribution in [-0.4, -0.2) is 6.54 Å². The molecule has 0 fully saturated rings. The van der Waals surface area contributed by atoms with Crippen molar-refractivity contribution in [3.05, 3.63) is 70.0 Å². The lowest BCUT2D eigenvalue weighted by Gasteiger charge is -2.39. The lowest BCUT2D eigenvalue weighted by Crippen LogP contribution is -2.43. The van der Waals surface area contributed by atoms with Crippen LogP contribution in [-0.2, 0) is 16.9 Å². The van der Waals surface area contributed by atoms with E-state index in [9.17, 15) is 13.2 Å². The van der Waals surface area contributed by atoms with Crippen molar-refractivity contribution in [2.24, 2.45) is 0 Å². The molecule has 6 heteroatoms. The number of halogens is 5. The third-order valence-corrected chi connectivity index (χ3v) is 5.35. The fraction of sp³-hybridized carbons (Fsp3) is 0.368. The van der Waals surface area contributed by atoms with Crippen molar-refractivity contribution in [2.75, 3.05) is 6.54 Å². The minimum atomic E-state index is -4.49. The average molecular weight is 416 g/mol. The molecule has 0 aliphatic carbocycles. The predicted octanol–water partition coefficient (Wildman–Crippen LogP) is 5.71. The van der Waals surface area contributed by atoms with Crippen molar-refractivity contribution >= 4 is 15.9 Å². The lowest BCUT2D eigenvalue weighted by atomic mass is 9.74. The number of rotatable bonds is 2. The smallest absolute Gasteiger partial charge is 0.305 e. The van der Waals surface area contributed by atoms with Gasteiger partial charge in [-0.3, -0.25) is 0 Å². The first-order valence-electron chi connectivity index (χ1n) is 7.94. The summed E-state index contributed by atoms with van der Waals surface area (Å²) < 4.78 is 55.5. The van der Waals surface area contributed by atoms with E-state index < -0.39 is 23.6 Å². The minimum absolute atomic E-state index is 0.0531. The SMILES string of the molecule is CC1(C)CNC(c2ccccc2C(F)(F)F)c2c1ccc(CBr)c2F. The molecule has 1 aliphatic rings. The molecule has 1 heterocycles. The molecule has 0 spiro atoms. The van der Waals surface area contributed by atoms with Crippen molar-refractivity contribution in [3.63, 3.8) is 0 Å². The molecule has 3 rings (SSSR count). The maximum absolute atomic E-state index is 15.1. The highest BCUT2D eigenvalue weighted by atomic mass is 79.9. The zero-order chi connectivity index (χ0) is 18.4. The number of nitrogens with one attached hydrogen (secondary N) is 1. The standard InChI is InChI=1S/C19H18BrF4N/c1-18(2)10-25-17(12-5-3-4-6-13(12)19(22,23)24)15-14(18)8-7-11(9-20)16(15)21/h3-8,17,25H,9-10H2,1-2H3. The predicted molar refractivity (Wildman–Crippen MR) is 93.3 cm³/mol. The molecule has 134 valence electrons. The van der Waals surface area contributed by atoms with E-state index in [1.54, 1.807) is 12.1 Å². The number of benzene rings is 2. The van der Waals surface area contributed by atoms with Gasteiger partial charge in [0.15, 0.2) is 0 Å². The van der Waals surface area contributed by atoms with Crippen LogP contribution in [0.1, 0.15) is 47.7 Å². The third-order valence-electron chi connectivity index (χ3n) is 4.75. The van der Waals surface area contributed by atoms with Gasteiger partial charge in [0.2, 0.25) is 0 Å². The molecular weight excluding hydrogens is 398 g/mol. The highest BCUT2D eigenvalue weighted by Gasteiger charge is 2.40. The van der Waals surface area contributed by atoms with Crippen LogP contribution < -0.4 is 5.32 Å². The van der Waals surface area contributed by atoms with Gasteiger partial charge in [-0.15, -0.1) is 0 Å². The Bertz CT molecular complexity index is 798. The molecule has 1 N–H and O–H groups in total. The summed E-state index contributed by atoms with van der Waals surface area (Å²) in [6.07, 6.45) is -4.49. The normalized spacial score (nSPS) is 19.6. The van der Waals surface area contributed by atoms with Gasteiger partial charge >= 0.3 is 6.18 Å². The maximum atomic E-state index is 15.1. The molecule has 0 saturated heterocycles. The fourth-order valence-electron chi connectivity index (χ4n) is 3.44. The van der Waals surface area contributed by atoms with E-state index >= 15 is 4.39 Å². The van der Waals surface area contributed by atoms with Gasteiger partial charge in [0.25, 0.3) is 0 Å². The minimum Gasteiger partial charge on any atom is -0.305 e. The van der Waals surface area contributed by atoms with Crippen LogP contribution in [0.25, 0.3) is 0 Å². The van der Waals surface area contributed by atoms with Crippen molar-refractivity contribution < 1.29 is 17.6 Å². The van der Waals surface area contributed by atoms with E-state index in [4.69, 9.17) is 0 Å². The Morgan fingerprint density at radius 3 is 2.48 bits per heavy atom. The monoisotopic (exact) mass is 415 g/mol. The molecule has 0 radical (unpaired) electrons. The van der Waals surface area contributed by atoms with Crippen LogP contribution in [0.5, 0.6) is 0 Å². The number of hydrogen-bond donors (Lipinski definition) is 1. The first-order valence-corrected chi connectivity index (χ1v) is 9.06. The van der Waals surface area contributed by atoms with Gasteiger partial charge in [0.05, 0.1) is 11.6 Å². The summed E-state index contributed by atoms with van der Waals surface area (Å²) in [5.74, 6) is -0.448. The van der Waals surface area contributed by atoms with E-state index in [0.29, 0.717) is 23.0 Å². The third kappa shape index (κ3) is 3.22. The van der Waals surface area contributed by atoms with Crippen molar-refractivity contribution in [1.29, 1.82) is 0 Å². The van der Waals surface area contributed by atoms with Crippen LogP contribution in [0.3, 0.4) is 0 Å². The summed E-state index contributed by atoms with van der Waals surface area (Å²) in [4.78, 5) is 0. The molecule has 1 unspecified atom stereocenters. The quantitative estimate of drug-likeness (QED) is 0.489. The van der Waals surface area contributed by atoms with Crippen LogP contribution in [0.2, 0.25) is 0 Å². The molecule has 2 aromatic carbocycles. The molecule has 1 aliphatic heterocycles. The zero-order valence-electron chi connectivity index (χ0n) is 13.8. The van der Waals surface area contributed by atoms with Crippen LogP contribution in [0, 0.1) is 5.82 Å². The van der Waals surface area contributed by atoms with Gasteiger partial charge in [-0.05, 0) is 22.8 Å². The second-order valence-electron chi connectivity index (χ2n) is 6.92. The molecule has 0 bridgehead atoms. The van der Waals surface area contributed by atoms with Crippen molar-refractivity contribution in [2.45, 2.75) is 36.8 Å². The first-order chi connectivity index (χ1) is 11.7. The van der Waals surface area contributed by atoms with E-state index in [1.807, 2.05) is 19.9 Å². The summed E-state index contributed by atoms with van der Waals surface area (Å²) in [5.41, 5.74) is 0.442. The van der Waals surface area contributed by atoms with Crippen LogP contribution in [0.15, 0.2) is 36.4 Å². The van der Waals surface area contributed by atoms with Gasteiger partial charge in [0.1, 0.15) is 5.82 Å². The topological polar surface area (TPSA) is 12.0 Å². The van der Waals surface area contributed by atoms with E-state index in [1.165, 1.54) is 12.1 Å². The molecule has 1 atom stereocenters. The van der Waals surface area contributed by atoms with Crippen molar-refractivity contribution in [3.8, 4) is 0 Å². The molecule has 25 heavy (non-hydrogen) atoms.